The normalized spacial score (nSPS) is 15.9. The van der Waals surface area contributed by atoms with Crippen LogP contribution >= 0.6 is 7.82 Å². The monoisotopic (exact) mass is 598 g/mol. The maximum absolute atomic E-state index is 13.1. The average Bonchev–Trinajstić information content (AvgIpc) is 2.79. The minimum Gasteiger partial charge on any atom is -0.303 e. The Kier molecular flexibility index (Phi) is 9.85. The van der Waals surface area contributed by atoms with Gasteiger partial charge >= 0.3 is 7.82 Å². The molecular weight excluding hydrogens is 539 g/mol. The molecular formula is C37H59O4P. The van der Waals surface area contributed by atoms with E-state index in [1.165, 1.54) is 11.1 Å². The third-order valence-electron chi connectivity index (χ3n) is 8.88. The van der Waals surface area contributed by atoms with Crippen LogP contribution < -0.4 is 0 Å². The standard InChI is InChI=1S/C37H59O4P/c1-14-15-16-17-18-19-37(41-42(38,39)40)31-25(21-27(33(2,3)4)23-29(31)35(8,9)10)20-26-22-28(34(5,6)7)24-30(32(26)37)36(11,12)13/h21-24H,14-20H2,1-13H3,(H2,38,39,40). The molecule has 0 amide bonds. The van der Waals surface area contributed by atoms with Crippen molar-refractivity contribution in [2.24, 2.45) is 0 Å². The molecule has 0 aromatic heterocycles. The average molecular weight is 599 g/mol. The fraction of sp³-hybridized carbons (Fsp3) is 0.676. The summed E-state index contributed by atoms with van der Waals surface area (Å²) in [5.41, 5.74) is 7.01. The van der Waals surface area contributed by atoms with Gasteiger partial charge in [0.1, 0.15) is 5.60 Å². The molecule has 0 spiro atoms. The quantitative estimate of drug-likeness (QED) is 0.234. The highest BCUT2D eigenvalue weighted by Gasteiger charge is 2.51. The van der Waals surface area contributed by atoms with Gasteiger partial charge in [-0.2, -0.15) is 0 Å². The lowest BCUT2D eigenvalue weighted by molar-refractivity contribution is 0.0490. The highest BCUT2D eigenvalue weighted by Crippen LogP contribution is 2.59. The molecule has 0 heterocycles. The summed E-state index contributed by atoms with van der Waals surface area (Å²) in [4.78, 5) is 21.3. The maximum Gasteiger partial charge on any atom is 0.470 e. The molecule has 0 atom stereocenters. The Bertz CT molecular complexity index is 1240. The summed E-state index contributed by atoms with van der Waals surface area (Å²) in [6, 6.07) is 9.17. The van der Waals surface area contributed by atoms with E-state index in [9.17, 15) is 14.4 Å². The van der Waals surface area contributed by atoms with Gasteiger partial charge in [0.05, 0.1) is 0 Å². The molecule has 42 heavy (non-hydrogen) atoms. The zero-order chi connectivity index (χ0) is 32.1. The van der Waals surface area contributed by atoms with Crippen molar-refractivity contribution in [3.05, 3.63) is 68.8 Å². The zero-order valence-electron chi connectivity index (χ0n) is 28.9. The molecule has 2 aromatic rings. The van der Waals surface area contributed by atoms with E-state index in [4.69, 9.17) is 4.52 Å². The fourth-order valence-corrected chi connectivity index (χ4v) is 7.26. The summed E-state index contributed by atoms with van der Waals surface area (Å²) in [6.45, 7) is 28.9. The molecule has 2 N–H and O–H groups in total. The number of phosphoric ester groups is 1. The van der Waals surface area contributed by atoms with Gasteiger partial charge in [-0.15, -0.1) is 0 Å². The Labute approximate surface area is 257 Å². The number of rotatable bonds is 8. The minimum atomic E-state index is -4.91. The molecule has 236 valence electrons. The smallest absolute Gasteiger partial charge is 0.303 e. The molecule has 0 fully saturated rings. The Balaban J connectivity index is 2.58. The van der Waals surface area contributed by atoms with Gasteiger partial charge in [0.15, 0.2) is 0 Å². The van der Waals surface area contributed by atoms with E-state index in [-0.39, 0.29) is 21.7 Å². The minimum absolute atomic E-state index is 0.0773. The topological polar surface area (TPSA) is 66.8 Å². The second-order valence-corrected chi connectivity index (χ2v) is 18.0. The Morgan fingerprint density at radius 3 is 1.40 bits per heavy atom. The molecule has 0 bridgehead atoms. The molecule has 1 aliphatic rings. The van der Waals surface area contributed by atoms with Crippen molar-refractivity contribution >= 4 is 7.82 Å². The third-order valence-corrected chi connectivity index (χ3v) is 9.43. The van der Waals surface area contributed by atoms with Gasteiger partial charge in [-0.05, 0) is 85.4 Å². The van der Waals surface area contributed by atoms with E-state index in [2.05, 4.69) is 114 Å². The lowest BCUT2D eigenvalue weighted by Crippen LogP contribution is -2.41. The van der Waals surface area contributed by atoms with Gasteiger partial charge in [0.25, 0.3) is 0 Å². The van der Waals surface area contributed by atoms with E-state index in [1.54, 1.807) is 0 Å². The van der Waals surface area contributed by atoms with Crippen molar-refractivity contribution in [2.75, 3.05) is 0 Å². The van der Waals surface area contributed by atoms with Crippen LogP contribution in [0.1, 0.15) is 173 Å². The van der Waals surface area contributed by atoms with E-state index in [1.807, 2.05) is 0 Å². The van der Waals surface area contributed by atoms with Gasteiger partial charge in [-0.25, -0.2) is 4.57 Å². The van der Waals surface area contributed by atoms with Crippen LogP contribution in [-0.4, -0.2) is 9.79 Å². The van der Waals surface area contributed by atoms with Gasteiger partial charge < -0.3 is 9.79 Å². The molecule has 0 unspecified atom stereocenters. The molecule has 0 saturated carbocycles. The zero-order valence-corrected chi connectivity index (χ0v) is 29.8. The maximum atomic E-state index is 13.1. The fourth-order valence-electron chi connectivity index (χ4n) is 6.58. The van der Waals surface area contributed by atoms with E-state index < -0.39 is 13.4 Å². The van der Waals surface area contributed by atoms with Crippen LogP contribution in [0.25, 0.3) is 0 Å². The van der Waals surface area contributed by atoms with Crippen LogP contribution in [0.4, 0.5) is 0 Å². The van der Waals surface area contributed by atoms with Crippen LogP contribution in [0.2, 0.25) is 0 Å². The van der Waals surface area contributed by atoms with Gasteiger partial charge in [-0.1, -0.05) is 140 Å². The number of phosphoric acid groups is 1. The van der Waals surface area contributed by atoms with Crippen LogP contribution in [-0.2, 0) is 42.8 Å². The summed E-state index contributed by atoms with van der Waals surface area (Å²) in [5, 5.41) is 0. The molecule has 1 aliphatic carbocycles. The van der Waals surface area contributed by atoms with Crippen molar-refractivity contribution in [3.63, 3.8) is 0 Å². The van der Waals surface area contributed by atoms with Gasteiger partial charge in [0, 0.05) is 0 Å². The van der Waals surface area contributed by atoms with Crippen LogP contribution in [0.5, 0.6) is 0 Å². The predicted octanol–water partition coefficient (Wildman–Crippen LogP) is 10.5. The predicted molar refractivity (Wildman–Crippen MR) is 178 cm³/mol. The summed E-state index contributed by atoms with van der Waals surface area (Å²) in [7, 11) is -4.91. The first-order valence-corrected chi connectivity index (χ1v) is 17.6. The summed E-state index contributed by atoms with van der Waals surface area (Å²) in [5.74, 6) is 0. The molecule has 0 saturated heterocycles. The second kappa shape index (κ2) is 11.8. The lowest BCUT2D eigenvalue weighted by atomic mass is 9.62. The first-order valence-electron chi connectivity index (χ1n) is 16.0. The van der Waals surface area contributed by atoms with Gasteiger partial charge in [0.2, 0.25) is 0 Å². The van der Waals surface area contributed by atoms with Gasteiger partial charge in [-0.3, -0.25) is 4.52 Å². The summed E-state index contributed by atoms with van der Waals surface area (Å²) >= 11 is 0. The third kappa shape index (κ3) is 7.60. The second-order valence-electron chi connectivity index (χ2n) is 16.9. The first-order chi connectivity index (χ1) is 18.9. The molecule has 4 nitrogen and oxygen atoms in total. The van der Waals surface area contributed by atoms with E-state index >= 15 is 0 Å². The number of hydrogen-bond acceptors (Lipinski definition) is 2. The first kappa shape index (κ1) is 35.0. The number of unbranched alkanes of at least 4 members (excludes halogenated alkanes) is 4. The molecule has 0 aliphatic heterocycles. The summed E-state index contributed by atoms with van der Waals surface area (Å²) in [6.07, 6.45) is 6.47. The largest absolute Gasteiger partial charge is 0.470 e. The Morgan fingerprint density at radius 2 is 1.07 bits per heavy atom. The number of hydrogen-bond donors (Lipinski definition) is 2. The van der Waals surface area contributed by atoms with E-state index in [0.717, 1.165) is 65.5 Å². The highest BCUT2D eigenvalue weighted by atomic mass is 31.2. The Hall–Kier alpha value is -1.45. The number of fused-ring (bicyclic) bond motifs is 2. The molecule has 0 radical (unpaired) electrons. The summed E-state index contributed by atoms with van der Waals surface area (Å²) < 4.78 is 19.4. The SMILES string of the molecule is CCCCCCCC1(OP(=O)(O)O)c2c(cc(C(C)(C)C)cc2C(C)(C)C)Cc2cc(C(C)(C)C)cc(C(C)(C)C)c21. The highest BCUT2D eigenvalue weighted by molar-refractivity contribution is 7.46. The van der Waals surface area contributed by atoms with Crippen LogP contribution in [0.3, 0.4) is 0 Å². The van der Waals surface area contributed by atoms with Crippen LogP contribution in [0, 0.1) is 0 Å². The van der Waals surface area contributed by atoms with Crippen molar-refractivity contribution < 1.29 is 18.9 Å². The van der Waals surface area contributed by atoms with Crippen LogP contribution in [0.15, 0.2) is 24.3 Å². The van der Waals surface area contributed by atoms with Crippen molar-refractivity contribution in [1.29, 1.82) is 0 Å². The lowest BCUT2D eigenvalue weighted by Gasteiger charge is -2.47. The number of benzene rings is 2. The van der Waals surface area contributed by atoms with Crippen molar-refractivity contribution in [1.82, 2.24) is 0 Å². The Morgan fingerprint density at radius 1 is 0.667 bits per heavy atom. The molecule has 5 heteroatoms. The van der Waals surface area contributed by atoms with Crippen molar-refractivity contribution in [3.8, 4) is 0 Å². The van der Waals surface area contributed by atoms with E-state index in [0.29, 0.717) is 12.8 Å². The molecule has 3 rings (SSSR count). The van der Waals surface area contributed by atoms with Crippen molar-refractivity contribution in [2.45, 2.75) is 162 Å². The molecule has 2 aromatic carbocycles.